The predicted molar refractivity (Wildman–Crippen MR) is 91.6 cm³/mol. The number of carbonyl (C=O) groups excluding carboxylic acids is 2. The summed E-state index contributed by atoms with van der Waals surface area (Å²) in [6.45, 7) is 2.01. The Bertz CT molecular complexity index is 667. The SMILES string of the molecule is CC(=O)N1CCC(NC(=O)Cc2c(Cl)cccc2Cl)(OC(=O)O)CC1. The third-order valence-corrected chi connectivity index (χ3v) is 4.77. The highest BCUT2D eigenvalue weighted by Gasteiger charge is 2.40. The van der Waals surface area contributed by atoms with E-state index in [0.717, 1.165) is 0 Å². The number of carboxylic acid groups (broad SMARTS) is 1. The molecule has 1 aromatic rings. The number of halogens is 2. The van der Waals surface area contributed by atoms with Crippen molar-refractivity contribution in [2.45, 2.75) is 31.9 Å². The van der Waals surface area contributed by atoms with E-state index in [2.05, 4.69) is 5.32 Å². The van der Waals surface area contributed by atoms with Crippen LogP contribution in [0.15, 0.2) is 18.2 Å². The van der Waals surface area contributed by atoms with Crippen molar-refractivity contribution in [3.05, 3.63) is 33.8 Å². The molecule has 1 saturated heterocycles. The van der Waals surface area contributed by atoms with Gasteiger partial charge in [-0.05, 0) is 17.7 Å². The molecule has 0 unspecified atom stereocenters. The summed E-state index contributed by atoms with van der Waals surface area (Å²) in [7, 11) is 0. The van der Waals surface area contributed by atoms with Crippen LogP contribution in [0.2, 0.25) is 10.0 Å². The first kappa shape index (κ1) is 19.3. The number of hydrogen-bond acceptors (Lipinski definition) is 4. The third-order valence-electron chi connectivity index (χ3n) is 4.07. The van der Waals surface area contributed by atoms with Crippen LogP contribution in [0.3, 0.4) is 0 Å². The molecule has 7 nitrogen and oxygen atoms in total. The van der Waals surface area contributed by atoms with Gasteiger partial charge in [-0.3, -0.25) is 9.59 Å². The van der Waals surface area contributed by atoms with E-state index in [0.29, 0.717) is 15.6 Å². The standard InChI is InChI=1S/C16H18Cl2N2O5/c1-10(21)20-7-5-16(6-8-20,25-15(23)24)19-14(22)9-11-12(17)3-2-4-13(11)18/h2-4H,5-9H2,1H3,(H,19,22)(H,23,24). The number of ether oxygens (including phenoxy) is 1. The van der Waals surface area contributed by atoms with Gasteiger partial charge < -0.3 is 20.1 Å². The minimum Gasteiger partial charge on any atom is -0.450 e. The Morgan fingerprint density at radius 1 is 1.24 bits per heavy atom. The van der Waals surface area contributed by atoms with Crippen LogP contribution in [0.1, 0.15) is 25.3 Å². The van der Waals surface area contributed by atoms with Crippen molar-refractivity contribution < 1.29 is 24.2 Å². The van der Waals surface area contributed by atoms with Crippen LogP contribution in [0.5, 0.6) is 0 Å². The molecule has 0 bridgehead atoms. The number of nitrogens with one attached hydrogen (secondary N) is 1. The molecular weight excluding hydrogens is 371 g/mol. The fourth-order valence-corrected chi connectivity index (χ4v) is 3.29. The van der Waals surface area contributed by atoms with E-state index < -0.39 is 17.8 Å². The van der Waals surface area contributed by atoms with Crippen LogP contribution >= 0.6 is 23.2 Å². The van der Waals surface area contributed by atoms with Gasteiger partial charge in [0.2, 0.25) is 11.8 Å². The lowest BCUT2D eigenvalue weighted by atomic mass is 9.99. The highest BCUT2D eigenvalue weighted by molar-refractivity contribution is 6.36. The minimum absolute atomic E-state index is 0.111. The largest absolute Gasteiger partial charge is 0.507 e. The molecule has 9 heteroatoms. The van der Waals surface area contributed by atoms with Crippen molar-refractivity contribution in [2.75, 3.05) is 13.1 Å². The van der Waals surface area contributed by atoms with Crippen LogP contribution in [-0.2, 0) is 20.7 Å². The molecule has 0 saturated carbocycles. The predicted octanol–water partition coefficient (Wildman–Crippen LogP) is 2.69. The van der Waals surface area contributed by atoms with E-state index >= 15 is 0 Å². The number of likely N-dealkylation sites (tertiary alicyclic amines) is 1. The summed E-state index contributed by atoms with van der Waals surface area (Å²) >= 11 is 12.1. The highest BCUT2D eigenvalue weighted by atomic mass is 35.5. The Morgan fingerprint density at radius 3 is 2.28 bits per heavy atom. The fourth-order valence-electron chi connectivity index (χ4n) is 2.76. The van der Waals surface area contributed by atoms with Crippen molar-refractivity contribution in [1.82, 2.24) is 10.2 Å². The van der Waals surface area contributed by atoms with Crippen molar-refractivity contribution in [3.63, 3.8) is 0 Å². The molecule has 1 heterocycles. The zero-order valence-electron chi connectivity index (χ0n) is 13.6. The maximum Gasteiger partial charge on any atom is 0.507 e. The first-order chi connectivity index (χ1) is 11.7. The highest BCUT2D eigenvalue weighted by Crippen LogP contribution is 2.27. The van der Waals surface area contributed by atoms with Gasteiger partial charge in [-0.25, -0.2) is 4.79 Å². The number of carbonyl (C=O) groups is 3. The fraction of sp³-hybridized carbons (Fsp3) is 0.438. The second kappa shape index (κ2) is 7.93. The van der Waals surface area contributed by atoms with Gasteiger partial charge in [0.05, 0.1) is 6.42 Å². The van der Waals surface area contributed by atoms with Gasteiger partial charge in [-0.15, -0.1) is 0 Å². The summed E-state index contributed by atoms with van der Waals surface area (Å²) in [5.41, 5.74) is -0.919. The van der Waals surface area contributed by atoms with Crippen LogP contribution in [0.25, 0.3) is 0 Å². The molecule has 2 rings (SSSR count). The first-order valence-electron chi connectivity index (χ1n) is 7.64. The van der Waals surface area contributed by atoms with Gasteiger partial charge in [0, 0.05) is 42.9 Å². The smallest absolute Gasteiger partial charge is 0.450 e. The van der Waals surface area contributed by atoms with E-state index in [9.17, 15) is 14.4 Å². The molecule has 1 aliphatic rings. The number of rotatable bonds is 4. The number of piperidine rings is 1. The molecule has 1 aromatic carbocycles. The van der Waals surface area contributed by atoms with E-state index in [4.69, 9.17) is 33.0 Å². The van der Waals surface area contributed by atoms with Crippen molar-refractivity contribution in [1.29, 1.82) is 0 Å². The summed E-state index contributed by atoms with van der Waals surface area (Å²) in [6.07, 6.45) is -1.27. The maximum absolute atomic E-state index is 12.4. The minimum atomic E-state index is -1.49. The molecule has 1 fully saturated rings. The summed E-state index contributed by atoms with van der Waals surface area (Å²) in [5.74, 6) is -0.578. The number of nitrogens with zero attached hydrogens (tertiary/aromatic N) is 1. The molecular formula is C16H18Cl2N2O5. The van der Waals surface area contributed by atoms with E-state index in [-0.39, 0.29) is 38.3 Å². The Hall–Kier alpha value is -1.99. The third kappa shape index (κ3) is 4.99. The Balaban J connectivity index is 2.11. The van der Waals surface area contributed by atoms with Gasteiger partial charge in [0.15, 0.2) is 5.72 Å². The molecule has 136 valence electrons. The van der Waals surface area contributed by atoms with Gasteiger partial charge in [0.25, 0.3) is 0 Å². The Morgan fingerprint density at radius 2 is 1.80 bits per heavy atom. The second-order valence-corrected chi connectivity index (χ2v) is 6.61. The van der Waals surface area contributed by atoms with Gasteiger partial charge >= 0.3 is 6.16 Å². The van der Waals surface area contributed by atoms with Crippen LogP contribution in [-0.4, -0.2) is 46.8 Å². The van der Waals surface area contributed by atoms with Crippen molar-refractivity contribution in [3.8, 4) is 0 Å². The van der Waals surface area contributed by atoms with Crippen molar-refractivity contribution in [2.24, 2.45) is 0 Å². The second-order valence-electron chi connectivity index (χ2n) is 5.79. The number of amides is 2. The van der Waals surface area contributed by atoms with E-state index in [1.165, 1.54) is 6.92 Å². The van der Waals surface area contributed by atoms with Crippen LogP contribution in [0, 0.1) is 0 Å². The lowest BCUT2D eigenvalue weighted by Crippen LogP contribution is -2.58. The summed E-state index contributed by atoms with van der Waals surface area (Å²) < 4.78 is 4.96. The van der Waals surface area contributed by atoms with Gasteiger partial charge in [-0.2, -0.15) is 0 Å². The first-order valence-corrected chi connectivity index (χ1v) is 8.39. The monoisotopic (exact) mass is 388 g/mol. The normalized spacial score (nSPS) is 16.2. The quantitative estimate of drug-likeness (QED) is 0.610. The molecule has 0 radical (unpaired) electrons. The molecule has 25 heavy (non-hydrogen) atoms. The molecule has 0 spiro atoms. The topological polar surface area (TPSA) is 95.9 Å². The molecule has 2 amide bonds. The maximum atomic E-state index is 12.4. The van der Waals surface area contributed by atoms with Gasteiger partial charge in [0.1, 0.15) is 0 Å². The van der Waals surface area contributed by atoms with E-state index in [1.54, 1.807) is 23.1 Å². The lowest BCUT2D eigenvalue weighted by molar-refractivity contribution is -0.140. The molecule has 2 N–H and O–H groups in total. The molecule has 0 aromatic heterocycles. The van der Waals surface area contributed by atoms with Crippen LogP contribution in [0.4, 0.5) is 4.79 Å². The van der Waals surface area contributed by atoms with Gasteiger partial charge in [-0.1, -0.05) is 29.3 Å². The number of hydrogen-bond donors (Lipinski definition) is 2. The summed E-state index contributed by atoms with van der Waals surface area (Å²) in [4.78, 5) is 36.4. The average Bonchev–Trinajstić information content (AvgIpc) is 2.50. The van der Waals surface area contributed by atoms with Crippen molar-refractivity contribution >= 4 is 41.2 Å². The Kier molecular flexibility index (Phi) is 6.13. The molecule has 1 aliphatic heterocycles. The summed E-state index contributed by atoms with van der Waals surface area (Å²) in [6, 6.07) is 4.90. The molecule has 0 aliphatic carbocycles. The zero-order valence-corrected chi connectivity index (χ0v) is 15.1. The lowest BCUT2D eigenvalue weighted by Gasteiger charge is -2.40. The summed E-state index contributed by atoms with van der Waals surface area (Å²) in [5, 5.41) is 12.3. The molecule has 0 atom stereocenters. The zero-order chi connectivity index (χ0) is 18.6. The average molecular weight is 389 g/mol. The number of benzene rings is 1. The Labute approximate surface area is 154 Å². The van der Waals surface area contributed by atoms with E-state index in [1.807, 2.05) is 0 Å². The van der Waals surface area contributed by atoms with Crippen LogP contribution < -0.4 is 5.32 Å².